The minimum atomic E-state index is -0.157. The zero-order valence-electron chi connectivity index (χ0n) is 16.6. The summed E-state index contributed by atoms with van der Waals surface area (Å²) < 4.78 is 16.0. The lowest BCUT2D eigenvalue weighted by Crippen LogP contribution is -2.15. The molecule has 0 spiro atoms. The molecule has 0 aliphatic heterocycles. The number of rotatable bonds is 9. The van der Waals surface area contributed by atoms with Gasteiger partial charge in [-0.1, -0.05) is 30.3 Å². The van der Waals surface area contributed by atoms with Gasteiger partial charge in [0.1, 0.15) is 0 Å². The molecule has 0 aliphatic carbocycles. The third-order valence-electron chi connectivity index (χ3n) is 4.27. The molecular formula is C22H27NO4. The van der Waals surface area contributed by atoms with Crippen LogP contribution in [0.1, 0.15) is 21.5 Å². The van der Waals surface area contributed by atoms with Crippen LogP contribution in [0.4, 0.5) is 0 Å². The summed E-state index contributed by atoms with van der Waals surface area (Å²) in [5.41, 5.74) is 2.67. The van der Waals surface area contributed by atoms with E-state index >= 15 is 0 Å². The van der Waals surface area contributed by atoms with Crippen LogP contribution >= 0.6 is 0 Å². The van der Waals surface area contributed by atoms with Crippen LogP contribution in [-0.4, -0.2) is 52.7 Å². The number of benzene rings is 2. The Morgan fingerprint density at radius 2 is 1.67 bits per heavy atom. The molecule has 0 aromatic heterocycles. The van der Waals surface area contributed by atoms with E-state index in [2.05, 4.69) is 11.0 Å². The van der Waals surface area contributed by atoms with Gasteiger partial charge in [-0.2, -0.15) is 0 Å². The maximum atomic E-state index is 12.8. The predicted octanol–water partition coefficient (Wildman–Crippen LogP) is 3.71. The fraction of sp³-hybridized carbons (Fsp3) is 0.318. The first kappa shape index (κ1) is 20.5. The quantitative estimate of drug-likeness (QED) is 0.498. The van der Waals surface area contributed by atoms with E-state index in [1.54, 1.807) is 25.3 Å². The monoisotopic (exact) mass is 369 g/mol. The van der Waals surface area contributed by atoms with Crippen molar-refractivity contribution in [1.82, 2.24) is 4.90 Å². The summed E-state index contributed by atoms with van der Waals surface area (Å²) in [6.07, 6.45) is 4.34. The number of hydrogen-bond acceptors (Lipinski definition) is 5. The lowest BCUT2D eigenvalue weighted by Gasteiger charge is -2.14. The van der Waals surface area contributed by atoms with Gasteiger partial charge >= 0.3 is 0 Å². The smallest absolute Gasteiger partial charge is 0.204 e. The normalized spacial score (nSPS) is 11.0. The van der Waals surface area contributed by atoms with E-state index in [9.17, 15) is 4.79 Å². The van der Waals surface area contributed by atoms with Crippen LogP contribution in [0, 0.1) is 0 Å². The molecule has 5 heteroatoms. The van der Waals surface area contributed by atoms with Gasteiger partial charge in [0, 0.05) is 6.54 Å². The van der Waals surface area contributed by atoms with Crippen LogP contribution in [0.2, 0.25) is 0 Å². The fourth-order valence-electron chi connectivity index (χ4n) is 2.82. The first-order valence-corrected chi connectivity index (χ1v) is 8.75. The Morgan fingerprint density at radius 3 is 2.30 bits per heavy atom. The van der Waals surface area contributed by atoms with Crippen molar-refractivity contribution in [3.8, 4) is 17.2 Å². The molecule has 2 aromatic carbocycles. The highest BCUT2D eigenvalue weighted by atomic mass is 16.5. The first-order valence-electron chi connectivity index (χ1n) is 8.75. The second kappa shape index (κ2) is 9.78. The Labute approximate surface area is 161 Å². The van der Waals surface area contributed by atoms with E-state index in [1.807, 2.05) is 38.4 Å². The number of methoxy groups -OCH3 is 3. The highest BCUT2D eigenvalue weighted by Crippen LogP contribution is 2.40. The van der Waals surface area contributed by atoms with Crippen LogP contribution in [-0.2, 0) is 6.42 Å². The van der Waals surface area contributed by atoms with Gasteiger partial charge in [0.2, 0.25) is 5.75 Å². The van der Waals surface area contributed by atoms with Gasteiger partial charge < -0.3 is 19.1 Å². The summed E-state index contributed by atoms with van der Waals surface area (Å²) in [7, 11) is 8.67. The van der Waals surface area contributed by atoms with E-state index in [0.717, 1.165) is 18.5 Å². The van der Waals surface area contributed by atoms with Crippen molar-refractivity contribution in [3.05, 3.63) is 59.2 Å². The lowest BCUT2D eigenvalue weighted by molar-refractivity contribution is 0.104. The molecular weight excluding hydrogens is 342 g/mol. The topological polar surface area (TPSA) is 48.0 Å². The SMILES string of the molecule is COc1ccc(C(=O)C=Cc2ccccc2CCN(C)C)c(OC)c1OC. The highest BCUT2D eigenvalue weighted by molar-refractivity contribution is 6.09. The standard InChI is InChI=1S/C22H27NO4/c1-23(2)15-14-17-9-7-6-8-16(17)10-12-19(24)18-11-13-20(25-3)22(27-5)21(18)26-4/h6-13H,14-15H2,1-5H3. The molecule has 0 atom stereocenters. The third kappa shape index (κ3) is 5.11. The lowest BCUT2D eigenvalue weighted by atomic mass is 10.0. The molecule has 2 aromatic rings. The van der Waals surface area contributed by atoms with Crippen molar-refractivity contribution in [1.29, 1.82) is 0 Å². The molecule has 0 saturated carbocycles. The summed E-state index contributed by atoms with van der Waals surface area (Å²) in [5.74, 6) is 1.14. The second-order valence-electron chi connectivity index (χ2n) is 6.33. The summed E-state index contributed by atoms with van der Waals surface area (Å²) in [6.45, 7) is 0.947. The molecule has 0 saturated heterocycles. The number of carbonyl (C=O) groups excluding carboxylic acids is 1. The van der Waals surface area contributed by atoms with Gasteiger partial charge in [-0.05, 0) is 49.9 Å². The predicted molar refractivity (Wildman–Crippen MR) is 108 cm³/mol. The van der Waals surface area contributed by atoms with Gasteiger partial charge in [0.05, 0.1) is 26.9 Å². The minimum Gasteiger partial charge on any atom is -0.493 e. The molecule has 0 aliphatic rings. The number of hydrogen-bond donors (Lipinski definition) is 0. The van der Waals surface area contributed by atoms with E-state index in [1.165, 1.54) is 19.8 Å². The van der Waals surface area contributed by atoms with Crippen LogP contribution in [0.5, 0.6) is 17.2 Å². The van der Waals surface area contributed by atoms with E-state index in [-0.39, 0.29) is 5.78 Å². The number of ether oxygens (including phenoxy) is 3. The largest absolute Gasteiger partial charge is 0.493 e. The number of carbonyl (C=O) groups is 1. The Hall–Kier alpha value is -2.79. The van der Waals surface area contributed by atoms with Crippen molar-refractivity contribution in [2.24, 2.45) is 0 Å². The summed E-state index contributed by atoms with van der Waals surface area (Å²) in [4.78, 5) is 14.9. The van der Waals surface area contributed by atoms with Crippen LogP contribution < -0.4 is 14.2 Å². The Balaban J connectivity index is 2.30. The molecule has 0 radical (unpaired) electrons. The number of nitrogens with zero attached hydrogens (tertiary/aromatic N) is 1. The van der Waals surface area contributed by atoms with Crippen molar-refractivity contribution in [2.75, 3.05) is 42.0 Å². The van der Waals surface area contributed by atoms with Gasteiger partial charge in [0.15, 0.2) is 17.3 Å². The molecule has 0 amide bonds. The minimum absolute atomic E-state index is 0.157. The van der Waals surface area contributed by atoms with Crippen molar-refractivity contribution in [2.45, 2.75) is 6.42 Å². The number of likely N-dealkylation sites (N-methyl/N-ethyl adjacent to an activating group) is 1. The molecule has 27 heavy (non-hydrogen) atoms. The van der Waals surface area contributed by atoms with Crippen molar-refractivity contribution in [3.63, 3.8) is 0 Å². The average molecular weight is 369 g/mol. The molecule has 0 fully saturated rings. The van der Waals surface area contributed by atoms with E-state index in [0.29, 0.717) is 22.8 Å². The molecule has 144 valence electrons. The molecule has 0 N–H and O–H groups in total. The summed E-state index contributed by atoms with van der Waals surface area (Å²) in [6, 6.07) is 11.5. The Kier molecular flexibility index (Phi) is 7.44. The zero-order chi connectivity index (χ0) is 19.8. The number of allylic oxidation sites excluding steroid dienone is 1. The zero-order valence-corrected chi connectivity index (χ0v) is 16.6. The Bertz CT molecular complexity index is 812. The number of ketones is 1. The molecule has 0 unspecified atom stereocenters. The Morgan fingerprint density at radius 1 is 0.963 bits per heavy atom. The van der Waals surface area contributed by atoms with Crippen molar-refractivity contribution < 1.29 is 19.0 Å². The van der Waals surface area contributed by atoms with Crippen LogP contribution in [0.15, 0.2) is 42.5 Å². The maximum absolute atomic E-state index is 12.8. The van der Waals surface area contributed by atoms with Gasteiger partial charge in [-0.15, -0.1) is 0 Å². The maximum Gasteiger partial charge on any atom is 0.204 e. The molecule has 0 heterocycles. The van der Waals surface area contributed by atoms with E-state index in [4.69, 9.17) is 14.2 Å². The molecule has 2 rings (SSSR count). The summed E-state index contributed by atoms with van der Waals surface area (Å²) >= 11 is 0. The van der Waals surface area contributed by atoms with Crippen LogP contribution in [0.3, 0.4) is 0 Å². The second-order valence-corrected chi connectivity index (χ2v) is 6.33. The third-order valence-corrected chi connectivity index (χ3v) is 4.27. The van der Waals surface area contributed by atoms with Gasteiger partial charge in [-0.3, -0.25) is 4.79 Å². The van der Waals surface area contributed by atoms with Crippen LogP contribution in [0.25, 0.3) is 6.08 Å². The van der Waals surface area contributed by atoms with E-state index < -0.39 is 0 Å². The fourth-order valence-corrected chi connectivity index (χ4v) is 2.82. The molecule has 0 bridgehead atoms. The summed E-state index contributed by atoms with van der Waals surface area (Å²) in [5, 5.41) is 0. The average Bonchev–Trinajstić information content (AvgIpc) is 2.69. The van der Waals surface area contributed by atoms with Gasteiger partial charge in [-0.25, -0.2) is 0 Å². The van der Waals surface area contributed by atoms with Crippen molar-refractivity contribution >= 4 is 11.9 Å². The van der Waals surface area contributed by atoms with Gasteiger partial charge in [0.25, 0.3) is 0 Å². The highest BCUT2D eigenvalue weighted by Gasteiger charge is 2.19. The first-order chi connectivity index (χ1) is 13.0. The molecule has 5 nitrogen and oxygen atoms in total.